The maximum absolute atomic E-state index is 13.3. The molecule has 4 rings (SSSR count). The molecule has 4 heterocycles. The third-order valence-corrected chi connectivity index (χ3v) is 19.0. The highest BCUT2D eigenvalue weighted by atomic mass is 32.2. The number of ether oxygens (including phenoxy) is 6. The maximum atomic E-state index is 13.3. The van der Waals surface area contributed by atoms with Crippen molar-refractivity contribution in [2.24, 2.45) is 10.8 Å². The number of hydrogen-bond donors (Lipinski definition) is 11. The average Bonchev–Trinajstić information content (AvgIpc) is 3.78. The number of carbonyl (C=O) groups is 3. The summed E-state index contributed by atoms with van der Waals surface area (Å²) in [6, 6.07) is -0.0276. The van der Waals surface area contributed by atoms with E-state index in [4.69, 9.17) is 28.4 Å². The molecule has 4 aliphatic heterocycles. The Balaban J connectivity index is 1.57. The van der Waals surface area contributed by atoms with E-state index in [1.807, 2.05) is 0 Å². The Labute approximate surface area is 412 Å². The highest BCUT2D eigenvalue weighted by molar-refractivity contribution is 8.00. The molecule has 3 amide bonds. The molecule has 12 unspecified atom stereocenters. The van der Waals surface area contributed by atoms with Crippen LogP contribution >= 0.6 is 11.8 Å². The van der Waals surface area contributed by atoms with Crippen LogP contribution in [-0.2, 0) is 38.0 Å². The summed E-state index contributed by atoms with van der Waals surface area (Å²) >= 11 is 1.78. The Bertz CT molecular complexity index is 1870. The number of hydrogen-bond acceptors (Lipinski definition) is 18. The fourth-order valence-electron chi connectivity index (χ4n) is 11.0. The molecule has 0 bridgehead atoms. The number of esters is 1. The van der Waals surface area contributed by atoms with Gasteiger partial charge in [-0.15, -0.1) is 0 Å². The number of fused-ring (bicyclic) bond motifs is 1. The quantitative estimate of drug-likeness (QED) is 0.0412. The zero-order valence-corrected chi connectivity index (χ0v) is 44.8. The van der Waals surface area contributed by atoms with E-state index in [-0.39, 0.29) is 49.6 Å². The zero-order chi connectivity index (χ0) is 53.1. The molecule has 0 aromatic carbocycles. The molecule has 4 fully saturated rings. The molecule has 69 heavy (non-hydrogen) atoms. The molecular formula is C48H87N3O17S. The third-order valence-electron chi connectivity index (χ3n) is 17.5. The van der Waals surface area contributed by atoms with Gasteiger partial charge < -0.3 is 85.2 Å². The fourth-order valence-corrected chi connectivity index (χ4v) is 12.6. The second-order valence-electron chi connectivity index (χ2n) is 23.6. The normalized spacial score (nSPS) is 41.5. The van der Waals surface area contributed by atoms with Crippen molar-refractivity contribution < 1.29 is 83.7 Å². The van der Waals surface area contributed by atoms with Gasteiger partial charge in [0.05, 0.1) is 80.5 Å². The molecule has 0 saturated carbocycles. The summed E-state index contributed by atoms with van der Waals surface area (Å²) in [6.07, 6.45) is 0.230. The predicted molar refractivity (Wildman–Crippen MR) is 255 cm³/mol. The topological polar surface area (TPSA) is 305 Å². The van der Waals surface area contributed by atoms with Gasteiger partial charge in [-0.25, -0.2) is 4.79 Å². The van der Waals surface area contributed by atoms with Crippen molar-refractivity contribution in [1.82, 2.24) is 16.0 Å². The van der Waals surface area contributed by atoms with Crippen LogP contribution in [-0.4, -0.2) is 196 Å². The maximum Gasteiger partial charge on any atom is 0.315 e. The van der Waals surface area contributed by atoms with E-state index < -0.39 is 117 Å². The average molecular weight is 1010 g/mol. The number of nitrogens with one attached hydrogen (secondary N) is 3. The lowest BCUT2D eigenvalue weighted by atomic mass is 9.58. The summed E-state index contributed by atoms with van der Waals surface area (Å²) in [5.74, 6) is -2.32. The standard InChI is InChI=1S/C48H87N3O17S/c1-29(55)51-45(13,38(6,23-53)25-63-28-42(10)47(15,61)48(16,62)46(14,60)40(8,24-54)68-42)41(9,66-36(2,3)22-52)27-64-26-39(7)37(4,5)67-44(12,34(57)43(39,11)59)65-32(56)20-18-17-19-31-33-30(21-69-31)49-35(58)50-33/h30-31,33-34,52-54,57,59-62H,17-28H2,1-16H3,(H,51,55)(H2,49,50,58)/t30-,31?,33-,34+,38?,39?,40?,41?,42?,43?,44?,45?,46?,47?,48?/m0/s1. The summed E-state index contributed by atoms with van der Waals surface area (Å²) in [6.45, 7) is 20.4. The first-order valence-corrected chi connectivity index (χ1v) is 25.0. The Morgan fingerprint density at radius 3 is 1.93 bits per heavy atom. The van der Waals surface area contributed by atoms with E-state index in [0.29, 0.717) is 12.8 Å². The zero-order valence-electron chi connectivity index (χ0n) is 44.0. The predicted octanol–water partition coefficient (Wildman–Crippen LogP) is 1.16. The van der Waals surface area contributed by atoms with Gasteiger partial charge in [0.15, 0.2) is 0 Å². The minimum Gasteiger partial charge on any atom is -0.430 e. The molecule has 15 atom stereocenters. The monoisotopic (exact) mass is 1010 g/mol. The van der Waals surface area contributed by atoms with Gasteiger partial charge in [-0.2, -0.15) is 11.8 Å². The van der Waals surface area contributed by atoms with Crippen LogP contribution in [0.5, 0.6) is 0 Å². The Morgan fingerprint density at radius 2 is 1.38 bits per heavy atom. The molecule has 0 aromatic rings. The number of aliphatic hydroxyl groups excluding tert-OH is 4. The third kappa shape index (κ3) is 10.2. The molecule has 0 aliphatic carbocycles. The first-order valence-electron chi connectivity index (χ1n) is 24.0. The largest absolute Gasteiger partial charge is 0.430 e. The van der Waals surface area contributed by atoms with Gasteiger partial charge in [-0.05, 0) is 95.9 Å². The van der Waals surface area contributed by atoms with Gasteiger partial charge in [0.1, 0.15) is 45.3 Å². The van der Waals surface area contributed by atoms with Gasteiger partial charge in [0, 0.05) is 36.7 Å². The van der Waals surface area contributed by atoms with Crippen LogP contribution in [0, 0.1) is 10.8 Å². The molecule has 21 heteroatoms. The van der Waals surface area contributed by atoms with Gasteiger partial charge in [0.25, 0.3) is 0 Å². The second kappa shape index (κ2) is 19.7. The fraction of sp³-hybridized carbons (Fsp3) is 0.938. The molecular weight excluding hydrogens is 923 g/mol. The van der Waals surface area contributed by atoms with E-state index in [1.54, 1.807) is 67.2 Å². The number of carbonyl (C=O) groups excluding carboxylic acids is 3. The number of urea groups is 1. The smallest absolute Gasteiger partial charge is 0.315 e. The van der Waals surface area contributed by atoms with E-state index in [2.05, 4.69) is 16.0 Å². The number of unbranched alkanes of at least 4 members (excludes halogenated alkanes) is 1. The summed E-state index contributed by atoms with van der Waals surface area (Å²) in [5.41, 5.74) is -21.1. The van der Waals surface area contributed by atoms with Gasteiger partial charge in [0.2, 0.25) is 11.7 Å². The number of rotatable bonds is 22. The van der Waals surface area contributed by atoms with Gasteiger partial charge in [-0.1, -0.05) is 20.3 Å². The van der Waals surface area contributed by atoms with Crippen molar-refractivity contribution in [1.29, 1.82) is 0 Å². The van der Waals surface area contributed by atoms with Crippen LogP contribution in [0.2, 0.25) is 0 Å². The Hall–Kier alpha value is -1.96. The van der Waals surface area contributed by atoms with E-state index in [0.717, 1.165) is 12.2 Å². The lowest BCUT2D eigenvalue weighted by Gasteiger charge is -2.65. The van der Waals surface area contributed by atoms with Crippen molar-refractivity contribution >= 4 is 29.7 Å². The van der Waals surface area contributed by atoms with Crippen LogP contribution in [0.1, 0.15) is 136 Å². The number of aliphatic hydroxyl groups is 8. The Morgan fingerprint density at radius 1 is 0.797 bits per heavy atom. The molecule has 402 valence electrons. The van der Waals surface area contributed by atoms with Crippen molar-refractivity contribution in [3.05, 3.63) is 0 Å². The van der Waals surface area contributed by atoms with E-state index in [9.17, 15) is 55.2 Å². The van der Waals surface area contributed by atoms with Gasteiger partial charge in [-0.3, -0.25) is 9.59 Å². The molecule has 20 nitrogen and oxygen atoms in total. The number of thioether (sulfide) groups is 1. The summed E-state index contributed by atoms with van der Waals surface area (Å²) in [5, 5.41) is 101. The molecule has 0 aromatic heterocycles. The summed E-state index contributed by atoms with van der Waals surface area (Å²) in [4.78, 5) is 38.4. The molecule has 0 spiro atoms. The lowest BCUT2D eigenvalue weighted by molar-refractivity contribution is -0.408. The van der Waals surface area contributed by atoms with Crippen LogP contribution in [0.4, 0.5) is 4.79 Å². The second-order valence-corrected chi connectivity index (χ2v) is 24.8. The molecule has 0 radical (unpaired) electrons. The molecule has 11 N–H and O–H groups in total. The van der Waals surface area contributed by atoms with Crippen LogP contribution in [0.15, 0.2) is 0 Å². The van der Waals surface area contributed by atoms with Gasteiger partial charge >= 0.3 is 12.0 Å². The summed E-state index contributed by atoms with van der Waals surface area (Å²) in [7, 11) is 0. The number of amides is 3. The highest BCUT2D eigenvalue weighted by Crippen LogP contribution is 2.56. The van der Waals surface area contributed by atoms with Crippen molar-refractivity contribution in [3.8, 4) is 0 Å². The Kier molecular flexibility index (Phi) is 17.0. The van der Waals surface area contributed by atoms with Crippen molar-refractivity contribution in [3.63, 3.8) is 0 Å². The molecule has 4 saturated heterocycles. The SMILES string of the molecule is CC(=O)NC(C)(C(C)(CO)COCC1(C)OC(C)(CO)C(C)(O)C(C)(O)C1(C)O)C(C)(COCC1(C)C(C)(C)OC(C)(OC(=O)CCCCC2SC[C@@H]3NC(=O)N[C@H]23)[C@H](O)C1(C)O)OC(C)(C)CO. The highest BCUT2D eigenvalue weighted by Gasteiger charge is 2.74. The van der Waals surface area contributed by atoms with Crippen molar-refractivity contribution in [2.45, 2.75) is 222 Å². The first kappa shape index (κ1) is 59.6. The summed E-state index contributed by atoms with van der Waals surface area (Å²) < 4.78 is 38.1. The van der Waals surface area contributed by atoms with E-state index in [1.165, 1.54) is 55.4 Å². The van der Waals surface area contributed by atoms with Crippen LogP contribution in [0.25, 0.3) is 0 Å². The first-order chi connectivity index (χ1) is 31.1. The van der Waals surface area contributed by atoms with Crippen LogP contribution in [0.3, 0.4) is 0 Å². The minimum absolute atomic E-state index is 0.0285. The lowest BCUT2D eigenvalue weighted by Crippen LogP contribution is -2.85. The van der Waals surface area contributed by atoms with E-state index >= 15 is 0 Å². The minimum atomic E-state index is -2.26. The van der Waals surface area contributed by atoms with Crippen molar-refractivity contribution in [2.75, 3.05) is 52.0 Å². The van der Waals surface area contributed by atoms with Crippen LogP contribution < -0.4 is 16.0 Å². The molecule has 4 aliphatic rings.